The molecule has 21 heavy (non-hydrogen) atoms. The van der Waals surface area contributed by atoms with Crippen molar-refractivity contribution in [2.75, 3.05) is 0 Å². The van der Waals surface area contributed by atoms with Gasteiger partial charge < -0.3 is 9.63 Å². The first-order valence-corrected chi connectivity index (χ1v) is 6.81. The fourth-order valence-corrected chi connectivity index (χ4v) is 2.00. The molecular weight excluding hydrogens is 270 g/mol. The number of aromatic nitrogens is 3. The molecule has 0 aliphatic rings. The number of aliphatic carboxylic acids is 1. The first-order chi connectivity index (χ1) is 9.84. The lowest BCUT2D eigenvalue weighted by Gasteiger charge is -2.27. The molecular formula is C15H19N3O3. The number of carboxylic acid groups (broad SMARTS) is 1. The van der Waals surface area contributed by atoms with Crippen molar-refractivity contribution in [3.8, 4) is 11.4 Å². The predicted molar refractivity (Wildman–Crippen MR) is 76.6 cm³/mol. The number of carboxylic acids is 1. The summed E-state index contributed by atoms with van der Waals surface area (Å²) in [5.41, 5.74) is 0.841. The lowest BCUT2D eigenvalue weighted by molar-refractivity contribution is -0.150. The molecule has 0 aliphatic carbocycles. The van der Waals surface area contributed by atoms with Gasteiger partial charge in [0.25, 0.3) is 0 Å². The van der Waals surface area contributed by atoms with Crippen LogP contribution >= 0.6 is 0 Å². The summed E-state index contributed by atoms with van der Waals surface area (Å²) in [6.07, 6.45) is 3.59. The summed E-state index contributed by atoms with van der Waals surface area (Å²) >= 11 is 0. The summed E-state index contributed by atoms with van der Waals surface area (Å²) in [4.78, 5) is 19.8. The van der Waals surface area contributed by atoms with Crippen molar-refractivity contribution in [1.82, 2.24) is 15.1 Å². The van der Waals surface area contributed by atoms with Gasteiger partial charge in [-0.15, -0.1) is 0 Å². The molecule has 0 saturated heterocycles. The van der Waals surface area contributed by atoms with Gasteiger partial charge in [-0.1, -0.05) is 19.0 Å². The summed E-state index contributed by atoms with van der Waals surface area (Å²) in [7, 11) is 0. The molecule has 1 atom stereocenters. The molecule has 6 nitrogen and oxygen atoms in total. The molecule has 0 radical (unpaired) electrons. The quantitative estimate of drug-likeness (QED) is 0.910. The van der Waals surface area contributed by atoms with Crippen molar-refractivity contribution in [3.63, 3.8) is 0 Å². The van der Waals surface area contributed by atoms with Gasteiger partial charge in [0.05, 0.1) is 5.41 Å². The molecule has 2 aromatic rings. The Kier molecular flexibility index (Phi) is 4.06. The van der Waals surface area contributed by atoms with Crippen molar-refractivity contribution in [2.45, 2.75) is 34.1 Å². The number of hydrogen-bond donors (Lipinski definition) is 1. The standard InChI is InChI=1S/C15H19N3O3/c1-9(2)15(4,14(19)20)7-12-17-13(18-21-12)11-5-6-16-8-10(11)3/h5-6,8-9H,7H2,1-4H3,(H,19,20). The molecule has 1 unspecified atom stereocenters. The van der Waals surface area contributed by atoms with Crippen LogP contribution in [0.4, 0.5) is 0 Å². The smallest absolute Gasteiger partial charge is 0.310 e. The Hall–Kier alpha value is -2.24. The molecule has 1 N–H and O–H groups in total. The largest absolute Gasteiger partial charge is 0.481 e. The van der Waals surface area contributed by atoms with Crippen LogP contribution in [0.5, 0.6) is 0 Å². The zero-order valence-corrected chi connectivity index (χ0v) is 12.6. The van der Waals surface area contributed by atoms with E-state index in [4.69, 9.17) is 4.52 Å². The number of aryl methyl sites for hydroxylation is 1. The van der Waals surface area contributed by atoms with Crippen LogP contribution in [0.1, 0.15) is 32.2 Å². The number of carbonyl (C=O) groups is 1. The molecule has 112 valence electrons. The third kappa shape index (κ3) is 2.94. The average Bonchev–Trinajstić information content (AvgIpc) is 2.86. The summed E-state index contributed by atoms with van der Waals surface area (Å²) in [6.45, 7) is 7.35. The lowest BCUT2D eigenvalue weighted by Crippen LogP contribution is -2.35. The predicted octanol–water partition coefficient (Wildman–Crippen LogP) is 2.73. The van der Waals surface area contributed by atoms with E-state index in [-0.39, 0.29) is 12.3 Å². The van der Waals surface area contributed by atoms with Gasteiger partial charge in [0.2, 0.25) is 11.7 Å². The molecule has 0 fully saturated rings. The first-order valence-electron chi connectivity index (χ1n) is 6.81. The van der Waals surface area contributed by atoms with Crippen molar-refractivity contribution in [2.24, 2.45) is 11.3 Å². The third-order valence-electron chi connectivity index (χ3n) is 4.01. The van der Waals surface area contributed by atoms with Gasteiger partial charge in [0.1, 0.15) is 0 Å². The van der Waals surface area contributed by atoms with Crippen LogP contribution < -0.4 is 0 Å². The minimum Gasteiger partial charge on any atom is -0.481 e. The van der Waals surface area contributed by atoms with Crippen LogP contribution in [0, 0.1) is 18.3 Å². The fourth-order valence-electron chi connectivity index (χ4n) is 2.00. The zero-order chi connectivity index (χ0) is 15.6. The monoisotopic (exact) mass is 289 g/mol. The molecule has 0 aromatic carbocycles. The van der Waals surface area contributed by atoms with Crippen LogP contribution in [0.2, 0.25) is 0 Å². The van der Waals surface area contributed by atoms with Crippen LogP contribution in [-0.4, -0.2) is 26.2 Å². The summed E-state index contributed by atoms with van der Waals surface area (Å²) in [5.74, 6) is -0.119. The number of nitrogens with zero attached hydrogens (tertiary/aromatic N) is 3. The Bertz CT molecular complexity index is 651. The van der Waals surface area contributed by atoms with E-state index >= 15 is 0 Å². The highest BCUT2D eigenvalue weighted by Crippen LogP contribution is 2.32. The van der Waals surface area contributed by atoms with Gasteiger partial charge >= 0.3 is 5.97 Å². The number of rotatable bonds is 5. The van der Waals surface area contributed by atoms with Crippen molar-refractivity contribution in [3.05, 3.63) is 29.9 Å². The van der Waals surface area contributed by atoms with Crippen molar-refractivity contribution < 1.29 is 14.4 Å². The van der Waals surface area contributed by atoms with E-state index in [1.165, 1.54) is 0 Å². The fraction of sp³-hybridized carbons (Fsp3) is 0.467. The highest BCUT2D eigenvalue weighted by Gasteiger charge is 2.38. The second-order valence-electron chi connectivity index (χ2n) is 5.76. The van der Waals surface area contributed by atoms with Gasteiger partial charge in [-0.05, 0) is 31.4 Å². The van der Waals surface area contributed by atoms with Gasteiger partial charge in [-0.3, -0.25) is 9.78 Å². The topological polar surface area (TPSA) is 89.1 Å². The second kappa shape index (κ2) is 5.63. The summed E-state index contributed by atoms with van der Waals surface area (Å²) in [5, 5.41) is 13.4. The van der Waals surface area contributed by atoms with E-state index in [0.29, 0.717) is 11.7 Å². The Morgan fingerprint density at radius 1 is 1.48 bits per heavy atom. The average molecular weight is 289 g/mol. The maximum Gasteiger partial charge on any atom is 0.310 e. The Balaban J connectivity index is 2.29. The van der Waals surface area contributed by atoms with E-state index in [0.717, 1.165) is 11.1 Å². The molecule has 0 aliphatic heterocycles. The molecule has 2 heterocycles. The lowest BCUT2D eigenvalue weighted by atomic mass is 9.76. The van der Waals surface area contributed by atoms with E-state index in [1.54, 1.807) is 19.3 Å². The van der Waals surface area contributed by atoms with E-state index < -0.39 is 11.4 Å². The van der Waals surface area contributed by atoms with E-state index in [2.05, 4.69) is 15.1 Å². The maximum atomic E-state index is 11.5. The normalized spacial score (nSPS) is 14.1. The molecule has 0 amide bonds. The van der Waals surface area contributed by atoms with Crippen LogP contribution in [0.3, 0.4) is 0 Å². The zero-order valence-electron chi connectivity index (χ0n) is 12.6. The van der Waals surface area contributed by atoms with Crippen LogP contribution in [0.15, 0.2) is 23.0 Å². The van der Waals surface area contributed by atoms with Gasteiger partial charge in [0, 0.05) is 24.4 Å². The Morgan fingerprint density at radius 2 is 2.19 bits per heavy atom. The minimum atomic E-state index is -0.933. The molecule has 6 heteroatoms. The highest BCUT2D eigenvalue weighted by molar-refractivity contribution is 5.74. The Labute approximate surface area is 123 Å². The summed E-state index contributed by atoms with van der Waals surface area (Å²) in [6, 6.07) is 1.81. The van der Waals surface area contributed by atoms with Crippen molar-refractivity contribution >= 4 is 5.97 Å². The van der Waals surface area contributed by atoms with E-state index in [1.807, 2.05) is 26.8 Å². The molecule has 2 rings (SSSR count). The number of pyridine rings is 1. The van der Waals surface area contributed by atoms with Crippen LogP contribution in [0.25, 0.3) is 11.4 Å². The van der Waals surface area contributed by atoms with Gasteiger partial charge in [-0.25, -0.2) is 0 Å². The van der Waals surface area contributed by atoms with Gasteiger partial charge in [0.15, 0.2) is 0 Å². The SMILES string of the molecule is Cc1cnccc1-c1noc(CC(C)(C(=O)O)C(C)C)n1. The second-order valence-corrected chi connectivity index (χ2v) is 5.76. The maximum absolute atomic E-state index is 11.5. The molecule has 0 bridgehead atoms. The molecule has 0 spiro atoms. The summed E-state index contributed by atoms with van der Waals surface area (Å²) < 4.78 is 5.23. The number of hydrogen-bond acceptors (Lipinski definition) is 5. The van der Waals surface area contributed by atoms with E-state index in [9.17, 15) is 9.90 Å². The Morgan fingerprint density at radius 3 is 2.76 bits per heavy atom. The molecule has 0 saturated carbocycles. The minimum absolute atomic E-state index is 0.0481. The first kappa shape index (κ1) is 15.2. The molecule has 2 aromatic heterocycles. The van der Waals surface area contributed by atoms with Crippen LogP contribution in [-0.2, 0) is 11.2 Å². The van der Waals surface area contributed by atoms with Gasteiger partial charge in [-0.2, -0.15) is 4.98 Å². The van der Waals surface area contributed by atoms with Crippen molar-refractivity contribution in [1.29, 1.82) is 0 Å². The third-order valence-corrected chi connectivity index (χ3v) is 4.01. The highest BCUT2D eigenvalue weighted by atomic mass is 16.5.